The SMILES string of the molecule is CC(c1ccccc1)(c1ccccc1)c1cc(CCC(=O)O)ccc1O. The minimum absolute atomic E-state index is 0.0671. The zero-order chi connectivity index (χ0) is 18.6. The van der Waals surface area contributed by atoms with Crippen LogP contribution >= 0.6 is 0 Å². The molecule has 3 aromatic carbocycles. The average molecular weight is 346 g/mol. The molecule has 3 nitrogen and oxygen atoms in total. The smallest absolute Gasteiger partial charge is 0.303 e. The Morgan fingerprint density at radius 3 is 1.92 bits per heavy atom. The molecule has 3 rings (SSSR count). The highest BCUT2D eigenvalue weighted by Gasteiger charge is 2.33. The van der Waals surface area contributed by atoms with Gasteiger partial charge in [-0.2, -0.15) is 0 Å². The van der Waals surface area contributed by atoms with Crippen LogP contribution in [-0.2, 0) is 16.6 Å². The number of hydrogen-bond acceptors (Lipinski definition) is 2. The summed E-state index contributed by atoms with van der Waals surface area (Å²) in [6.45, 7) is 2.09. The lowest BCUT2D eigenvalue weighted by Crippen LogP contribution is -2.25. The molecule has 0 radical (unpaired) electrons. The summed E-state index contributed by atoms with van der Waals surface area (Å²) in [6.07, 6.45) is 0.500. The Kier molecular flexibility index (Phi) is 5.08. The molecule has 0 spiro atoms. The van der Waals surface area contributed by atoms with Crippen LogP contribution in [0, 0.1) is 0 Å². The molecule has 0 aromatic heterocycles. The summed E-state index contributed by atoms with van der Waals surface area (Å²) in [5.74, 6) is -0.618. The second-order valence-electron chi connectivity index (χ2n) is 6.60. The second-order valence-corrected chi connectivity index (χ2v) is 6.60. The van der Waals surface area contributed by atoms with Gasteiger partial charge in [0.15, 0.2) is 0 Å². The number of aromatic hydroxyl groups is 1. The number of phenolic OH excluding ortho intramolecular Hbond substituents is 1. The van der Waals surface area contributed by atoms with Crippen molar-refractivity contribution < 1.29 is 15.0 Å². The molecule has 2 N–H and O–H groups in total. The van der Waals surface area contributed by atoms with E-state index >= 15 is 0 Å². The molecule has 0 bridgehead atoms. The zero-order valence-electron chi connectivity index (χ0n) is 14.7. The molecular formula is C23H22O3. The molecule has 3 aromatic rings. The number of phenols is 1. The predicted molar refractivity (Wildman–Crippen MR) is 103 cm³/mol. The predicted octanol–water partition coefficient (Wildman–Crippen LogP) is 4.76. The summed E-state index contributed by atoms with van der Waals surface area (Å²) >= 11 is 0. The summed E-state index contributed by atoms with van der Waals surface area (Å²) in [5, 5.41) is 19.6. The van der Waals surface area contributed by atoms with Gasteiger partial charge in [-0.1, -0.05) is 72.8 Å². The zero-order valence-corrected chi connectivity index (χ0v) is 14.7. The molecule has 0 aliphatic heterocycles. The Labute approximate surface area is 153 Å². The standard InChI is InChI=1S/C23H22O3/c1-23(18-8-4-2-5-9-18,19-10-6-3-7-11-19)20-16-17(12-14-21(20)24)13-15-22(25)26/h2-12,14,16,24H,13,15H2,1H3,(H,25,26). The molecule has 0 heterocycles. The number of carboxylic acids is 1. The van der Waals surface area contributed by atoms with E-state index < -0.39 is 11.4 Å². The number of carbonyl (C=O) groups is 1. The normalized spacial score (nSPS) is 11.3. The molecular weight excluding hydrogens is 324 g/mol. The first kappa shape index (κ1) is 17.7. The van der Waals surface area contributed by atoms with Gasteiger partial charge in [0.2, 0.25) is 0 Å². The van der Waals surface area contributed by atoms with Crippen molar-refractivity contribution in [3.05, 3.63) is 101 Å². The maximum Gasteiger partial charge on any atom is 0.303 e. The summed E-state index contributed by atoms with van der Waals surface area (Å²) in [5.41, 5.74) is 3.26. The molecule has 26 heavy (non-hydrogen) atoms. The number of benzene rings is 3. The Bertz CT molecular complexity index is 846. The lowest BCUT2D eigenvalue weighted by Gasteiger charge is -2.32. The van der Waals surface area contributed by atoms with Gasteiger partial charge in [0, 0.05) is 17.4 Å². The van der Waals surface area contributed by atoms with Gasteiger partial charge in [-0.05, 0) is 36.1 Å². The van der Waals surface area contributed by atoms with E-state index in [-0.39, 0.29) is 12.2 Å². The highest BCUT2D eigenvalue weighted by Crippen LogP contribution is 2.42. The molecule has 0 atom stereocenters. The Morgan fingerprint density at radius 2 is 1.42 bits per heavy atom. The van der Waals surface area contributed by atoms with Crippen LogP contribution in [0.2, 0.25) is 0 Å². The van der Waals surface area contributed by atoms with Crippen molar-refractivity contribution >= 4 is 5.97 Å². The number of aryl methyl sites for hydroxylation is 1. The summed E-state index contributed by atoms with van der Waals surface area (Å²) in [4.78, 5) is 10.9. The lowest BCUT2D eigenvalue weighted by molar-refractivity contribution is -0.136. The molecule has 132 valence electrons. The van der Waals surface area contributed by atoms with Crippen LogP contribution in [0.3, 0.4) is 0 Å². The van der Waals surface area contributed by atoms with Crippen molar-refractivity contribution in [2.45, 2.75) is 25.2 Å². The number of aliphatic carboxylic acids is 1. The topological polar surface area (TPSA) is 57.5 Å². The van der Waals surface area contributed by atoms with Gasteiger partial charge in [0.1, 0.15) is 5.75 Å². The van der Waals surface area contributed by atoms with Crippen LogP contribution in [0.5, 0.6) is 5.75 Å². The summed E-state index contributed by atoms with van der Waals surface area (Å²) in [7, 11) is 0. The Balaban J connectivity index is 2.17. The third-order valence-electron chi connectivity index (χ3n) is 4.93. The highest BCUT2D eigenvalue weighted by molar-refractivity contribution is 5.67. The van der Waals surface area contributed by atoms with E-state index in [4.69, 9.17) is 5.11 Å². The fraction of sp³-hybridized carbons (Fsp3) is 0.174. The van der Waals surface area contributed by atoms with Crippen molar-refractivity contribution in [2.75, 3.05) is 0 Å². The van der Waals surface area contributed by atoms with Gasteiger partial charge < -0.3 is 10.2 Å². The molecule has 0 saturated carbocycles. The van der Waals surface area contributed by atoms with Crippen LogP contribution < -0.4 is 0 Å². The van der Waals surface area contributed by atoms with Crippen LogP contribution in [-0.4, -0.2) is 16.2 Å². The van der Waals surface area contributed by atoms with Crippen LogP contribution in [0.1, 0.15) is 35.6 Å². The summed E-state index contributed by atoms with van der Waals surface area (Å²) in [6, 6.07) is 25.5. The minimum atomic E-state index is -0.825. The fourth-order valence-electron chi connectivity index (χ4n) is 3.41. The van der Waals surface area contributed by atoms with Gasteiger partial charge in [-0.3, -0.25) is 4.79 Å². The molecule has 0 aliphatic rings. The fourth-order valence-corrected chi connectivity index (χ4v) is 3.41. The van der Waals surface area contributed by atoms with Crippen molar-refractivity contribution in [1.82, 2.24) is 0 Å². The molecule has 0 aliphatic carbocycles. The molecule has 0 fully saturated rings. The van der Waals surface area contributed by atoms with E-state index in [0.29, 0.717) is 6.42 Å². The molecule has 3 heteroatoms. The van der Waals surface area contributed by atoms with Gasteiger partial charge >= 0.3 is 5.97 Å². The Morgan fingerprint density at radius 1 is 0.885 bits per heavy atom. The van der Waals surface area contributed by atoms with E-state index in [1.807, 2.05) is 42.5 Å². The van der Waals surface area contributed by atoms with E-state index in [2.05, 4.69) is 31.2 Å². The molecule has 0 saturated heterocycles. The van der Waals surface area contributed by atoms with Crippen molar-refractivity contribution in [2.24, 2.45) is 0 Å². The van der Waals surface area contributed by atoms with E-state index in [0.717, 1.165) is 22.3 Å². The quantitative estimate of drug-likeness (QED) is 0.633. The highest BCUT2D eigenvalue weighted by atomic mass is 16.4. The maximum absolute atomic E-state index is 10.9. The third-order valence-corrected chi connectivity index (χ3v) is 4.93. The van der Waals surface area contributed by atoms with Crippen LogP contribution in [0.4, 0.5) is 0 Å². The van der Waals surface area contributed by atoms with Crippen molar-refractivity contribution in [1.29, 1.82) is 0 Å². The van der Waals surface area contributed by atoms with Gasteiger partial charge in [-0.15, -0.1) is 0 Å². The van der Waals surface area contributed by atoms with E-state index in [1.54, 1.807) is 12.1 Å². The maximum atomic E-state index is 10.9. The minimum Gasteiger partial charge on any atom is -0.508 e. The average Bonchev–Trinajstić information content (AvgIpc) is 2.68. The van der Waals surface area contributed by atoms with E-state index in [9.17, 15) is 9.90 Å². The lowest BCUT2D eigenvalue weighted by atomic mass is 9.70. The van der Waals surface area contributed by atoms with Crippen molar-refractivity contribution in [3.63, 3.8) is 0 Å². The summed E-state index contributed by atoms with van der Waals surface area (Å²) < 4.78 is 0. The third kappa shape index (κ3) is 3.47. The first-order chi connectivity index (χ1) is 12.5. The van der Waals surface area contributed by atoms with Gasteiger partial charge in [0.05, 0.1) is 0 Å². The van der Waals surface area contributed by atoms with Crippen molar-refractivity contribution in [3.8, 4) is 5.75 Å². The number of rotatable bonds is 6. The first-order valence-corrected chi connectivity index (χ1v) is 8.67. The van der Waals surface area contributed by atoms with Crippen LogP contribution in [0.15, 0.2) is 78.9 Å². The van der Waals surface area contributed by atoms with E-state index in [1.165, 1.54) is 0 Å². The largest absolute Gasteiger partial charge is 0.508 e. The molecule has 0 amide bonds. The molecule has 0 unspecified atom stereocenters. The number of carboxylic acid groups (broad SMARTS) is 1. The van der Waals surface area contributed by atoms with Crippen LogP contribution in [0.25, 0.3) is 0 Å². The second kappa shape index (κ2) is 7.44. The van der Waals surface area contributed by atoms with Gasteiger partial charge in [0.25, 0.3) is 0 Å². The van der Waals surface area contributed by atoms with Gasteiger partial charge in [-0.25, -0.2) is 0 Å². The Hall–Kier alpha value is -3.07. The monoisotopic (exact) mass is 346 g/mol. The first-order valence-electron chi connectivity index (χ1n) is 8.67. The number of hydrogen-bond donors (Lipinski definition) is 2.